The number of nitrogens with zero attached hydrogens (tertiary/aromatic N) is 4. The van der Waals surface area contributed by atoms with Crippen LogP contribution in [-0.2, 0) is 19.1 Å². The maximum absolute atomic E-state index is 14.3. The number of amides is 4. The standard InChI is InChI=1S/C44H56N8O6/c1-26(2)36(49-42(55)57-6)40(53)51-22-10-14-34(51)38-45-30-20-18-27(24-32(30)47-38)16-17-28-19-21-31-33(25-28)48-39(46-31)35-15-11-23-52(35)41(54)37(29-12-8-7-9-13-29)50-43(56)58-44(3,4)5/h18-21,24-26,29,34-37H,7-15,22-23H2,1-6H3,(H,45,47)(H,46,48)(H,49,55)(H,50,56)/t34-,35-,36-,37-/m0/s1. The van der Waals surface area contributed by atoms with E-state index in [0.29, 0.717) is 18.9 Å². The third kappa shape index (κ3) is 9.09. The molecule has 4 amide bonds. The summed E-state index contributed by atoms with van der Waals surface area (Å²) in [6.45, 7) is 10.4. The molecule has 2 aromatic heterocycles. The topological polar surface area (TPSA) is 175 Å². The largest absolute Gasteiger partial charge is 0.453 e. The van der Waals surface area contributed by atoms with E-state index in [1.54, 1.807) is 4.90 Å². The average molecular weight is 793 g/mol. The number of hydrogen-bond donors (Lipinski definition) is 4. The summed E-state index contributed by atoms with van der Waals surface area (Å²) in [5, 5.41) is 5.66. The van der Waals surface area contributed by atoms with E-state index in [4.69, 9.17) is 19.4 Å². The second-order valence-electron chi connectivity index (χ2n) is 17.2. The van der Waals surface area contributed by atoms with Crippen molar-refractivity contribution in [3.63, 3.8) is 0 Å². The Morgan fingerprint density at radius 2 is 1.34 bits per heavy atom. The fourth-order valence-electron chi connectivity index (χ4n) is 8.64. The molecule has 2 aliphatic heterocycles. The number of ether oxygens (including phenoxy) is 2. The summed E-state index contributed by atoms with van der Waals surface area (Å²) in [7, 11) is 1.29. The Balaban J connectivity index is 1.06. The molecule has 4 heterocycles. The fourth-order valence-corrected chi connectivity index (χ4v) is 8.64. The summed E-state index contributed by atoms with van der Waals surface area (Å²) in [5.41, 5.74) is 4.18. The first-order valence-electron chi connectivity index (χ1n) is 20.7. The Morgan fingerprint density at radius 3 is 1.98 bits per heavy atom. The predicted octanol–water partition coefficient (Wildman–Crippen LogP) is 7.02. The Hall–Kier alpha value is -5.58. The maximum Gasteiger partial charge on any atom is 0.408 e. The van der Waals surface area contributed by atoms with Crippen LogP contribution in [0.5, 0.6) is 0 Å². The minimum absolute atomic E-state index is 0.0665. The van der Waals surface area contributed by atoms with Crippen molar-refractivity contribution in [2.45, 2.75) is 122 Å². The number of likely N-dealkylation sites (tertiary alicyclic amines) is 2. The Kier molecular flexibility index (Phi) is 12.0. The molecular formula is C44H56N8O6. The number of H-pyrrole nitrogens is 2. The molecule has 1 saturated carbocycles. The summed E-state index contributed by atoms with van der Waals surface area (Å²) in [4.78, 5) is 73.2. The molecule has 0 spiro atoms. The van der Waals surface area contributed by atoms with E-state index in [9.17, 15) is 19.2 Å². The number of nitrogens with one attached hydrogen (secondary N) is 4. The summed E-state index contributed by atoms with van der Waals surface area (Å²) in [6.07, 6.45) is 7.06. The van der Waals surface area contributed by atoms with E-state index >= 15 is 0 Å². The van der Waals surface area contributed by atoms with Gasteiger partial charge in [-0.05, 0) is 108 Å². The third-order valence-corrected chi connectivity index (χ3v) is 11.5. The summed E-state index contributed by atoms with van der Waals surface area (Å²) < 4.78 is 10.3. The zero-order valence-electron chi connectivity index (χ0n) is 34.4. The molecule has 308 valence electrons. The van der Waals surface area contributed by atoms with E-state index in [0.717, 1.165) is 96.8 Å². The van der Waals surface area contributed by atoms with Crippen LogP contribution < -0.4 is 10.6 Å². The molecule has 3 aliphatic rings. The SMILES string of the molecule is COC(=O)N[C@H](C(=O)N1CCC[C@H]1c1nc2cc(C#Cc3ccc4nc([C@@H]5CCCN5C(=O)[C@@H](NC(=O)OC(C)(C)C)C5CCCCC5)[nH]c4c3)ccc2[nH]1)C(C)C. The highest BCUT2D eigenvalue weighted by atomic mass is 16.6. The number of imidazole rings is 2. The number of carbonyl (C=O) groups is 4. The van der Waals surface area contributed by atoms with Gasteiger partial charge in [-0.15, -0.1) is 0 Å². The van der Waals surface area contributed by atoms with Crippen LogP contribution in [0.1, 0.15) is 127 Å². The molecule has 2 aromatic carbocycles. The first kappa shape index (κ1) is 40.6. The van der Waals surface area contributed by atoms with Gasteiger partial charge in [0, 0.05) is 24.2 Å². The predicted molar refractivity (Wildman–Crippen MR) is 219 cm³/mol. The first-order valence-corrected chi connectivity index (χ1v) is 20.7. The molecule has 0 radical (unpaired) electrons. The van der Waals surface area contributed by atoms with Crippen molar-refractivity contribution >= 4 is 46.1 Å². The van der Waals surface area contributed by atoms with E-state index in [-0.39, 0.29) is 35.7 Å². The van der Waals surface area contributed by atoms with Gasteiger partial charge in [-0.1, -0.05) is 45.0 Å². The summed E-state index contributed by atoms with van der Waals surface area (Å²) >= 11 is 0. The van der Waals surface area contributed by atoms with Crippen molar-refractivity contribution < 1.29 is 28.7 Å². The van der Waals surface area contributed by atoms with Gasteiger partial charge in [0.15, 0.2) is 0 Å². The van der Waals surface area contributed by atoms with Gasteiger partial charge in [0.05, 0.1) is 41.3 Å². The van der Waals surface area contributed by atoms with Gasteiger partial charge in [-0.3, -0.25) is 9.59 Å². The van der Waals surface area contributed by atoms with Gasteiger partial charge in [0.25, 0.3) is 0 Å². The molecule has 4 N–H and O–H groups in total. The number of alkyl carbamates (subject to hydrolysis) is 2. The van der Waals surface area contributed by atoms with E-state index in [2.05, 4.69) is 32.4 Å². The molecule has 58 heavy (non-hydrogen) atoms. The Morgan fingerprint density at radius 1 is 0.741 bits per heavy atom. The molecule has 3 fully saturated rings. The molecule has 14 heteroatoms. The molecule has 0 unspecified atom stereocenters. The Labute approximate surface area is 339 Å². The van der Waals surface area contributed by atoms with Gasteiger partial charge >= 0.3 is 12.2 Å². The quantitative estimate of drug-likeness (QED) is 0.138. The van der Waals surface area contributed by atoms with Gasteiger partial charge in [0.1, 0.15) is 29.3 Å². The molecule has 1 aliphatic carbocycles. The number of hydrogen-bond acceptors (Lipinski definition) is 8. The smallest absolute Gasteiger partial charge is 0.408 e. The number of fused-ring (bicyclic) bond motifs is 2. The van der Waals surface area contributed by atoms with Crippen LogP contribution >= 0.6 is 0 Å². The summed E-state index contributed by atoms with van der Waals surface area (Å²) in [5.74, 6) is 7.73. The molecule has 2 saturated heterocycles. The lowest BCUT2D eigenvalue weighted by molar-refractivity contribution is -0.136. The molecular weight excluding hydrogens is 737 g/mol. The van der Waals surface area contributed by atoms with Crippen LogP contribution in [0.4, 0.5) is 9.59 Å². The lowest BCUT2D eigenvalue weighted by Gasteiger charge is -2.35. The molecule has 0 bridgehead atoms. The van der Waals surface area contributed by atoms with Crippen LogP contribution in [-0.4, -0.2) is 91.6 Å². The second-order valence-corrected chi connectivity index (χ2v) is 17.2. The van der Waals surface area contributed by atoms with Gasteiger partial charge in [-0.2, -0.15) is 0 Å². The summed E-state index contributed by atoms with van der Waals surface area (Å²) in [6, 6.07) is 9.89. The van der Waals surface area contributed by atoms with Crippen LogP contribution in [0.15, 0.2) is 36.4 Å². The third-order valence-electron chi connectivity index (χ3n) is 11.5. The first-order chi connectivity index (χ1) is 27.8. The van der Waals surface area contributed by atoms with E-state index < -0.39 is 29.9 Å². The van der Waals surface area contributed by atoms with Gasteiger partial charge < -0.3 is 39.9 Å². The number of benzene rings is 2. The van der Waals surface area contributed by atoms with Gasteiger partial charge in [-0.25, -0.2) is 19.6 Å². The van der Waals surface area contributed by atoms with Crippen molar-refractivity contribution in [2.75, 3.05) is 20.2 Å². The second kappa shape index (κ2) is 17.1. The van der Waals surface area contributed by atoms with Crippen LogP contribution in [0, 0.1) is 23.7 Å². The molecule has 14 nitrogen and oxygen atoms in total. The van der Waals surface area contributed by atoms with Crippen molar-refractivity contribution in [2.24, 2.45) is 11.8 Å². The number of aromatic nitrogens is 4. The normalized spacial score (nSPS) is 19.8. The minimum Gasteiger partial charge on any atom is -0.453 e. The molecule has 7 rings (SSSR count). The van der Waals surface area contributed by atoms with Crippen LogP contribution in [0.2, 0.25) is 0 Å². The number of rotatable bonds is 8. The van der Waals surface area contributed by atoms with Crippen molar-refractivity contribution in [1.82, 2.24) is 40.4 Å². The zero-order chi connectivity index (χ0) is 41.1. The van der Waals surface area contributed by atoms with Gasteiger partial charge in [0.2, 0.25) is 11.8 Å². The lowest BCUT2D eigenvalue weighted by Crippen LogP contribution is -2.53. The number of aromatic amines is 2. The Bertz CT molecular complexity index is 2220. The highest BCUT2D eigenvalue weighted by Gasteiger charge is 2.41. The van der Waals surface area contributed by atoms with E-state index in [1.165, 1.54) is 7.11 Å². The highest BCUT2D eigenvalue weighted by molar-refractivity contribution is 5.88. The number of methoxy groups -OCH3 is 1. The highest BCUT2D eigenvalue weighted by Crippen LogP contribution is 2.36. The maximum atomic E-state index is 14.3. The van der Waals surface area contributed by atoms with Crippen LogP contribution in [0.3, 0.4) is 0 Å². The monoisotopic (exact) mass is 792 g/mol. The average Bonchev–Trinajstić information content (AvgIpc) is 4.02. The zero-order valence-corrected chi connectivity index (χ0v) is 34.4. The van der Waals surface area contributed by atoms with Crippen molar-refractivity contribution in [3.8, 4) is 11.8 Å². The molecule has 4 atom stereocenters. The van der Waals surface area contributed by atoms with E-state index in [1.807, 2.05) is 75.9 Å². The minimum atomic E-state index is -0.702. The van der Waals surface area contributed by atoms with Crippen LogP contribution in [0.25, 0.3) is 22.1 Å². The fraction of sp³-hybridized carbons (Fsp3) is 0.545. The number of carbonyl (C=O) groups excluding carboxylic acids is 4. The lowest BCUT2D eigenvalue weighted by atomic mass is 9.83. The molecule has 4 aromatic rings. The van der Waals surface area contributed by atoms with Crippen molar-refractivity contribution in [3.05, 3.63) is 59.2 Å². The van der Waals surface area contributed by atoms with Crippen molar-refractivity contribution in [1.29, 1.82) is 0 Å².